The van der Waals surface area contributed by atoms with Crippen LogP contribution in [0.15, 0.2) is 43.0 Å². The molecule has 0 aliphatic carbocycles. The Morgan fingerprint density at radius 1 is 1.27 bits per heavy atom. The Morgan fingerprint density at radius 2 is 2.04 bits per heavy atom. The summed E-state index contributed by atoms with van der Waals surface area (Å²) in [4.78, 5) is 29.6. The molecule has 2 heterocycles. The highest BCUT2D eigenvalue weighted by Gasteiger charge is 2.27. The van der Waals surface area contributed by atoms with E-state index < -0.39 is 0 Å². The Hall–Kier alpha value is -2.89. The Morgan fingerprint density at radius 3 is 2.77 bits per heavy atom. The summed E-state index contributed by atoms with van der Waals surface area (Å²) in [5.74, 6) is -0.211. The van der Waals surface area contributed by atoms with E-state index in [1.807, 2.05) is 41.8 Å². The number of carbonyl (C=O) groups excluding carboxylic acids is 2. The fourth-order valence-electron chi connectivity index (χ4n) is 3.23. The van der Waals surface area contributed by atoms with E-state index in [0.29, 0.717) is 24.6 Å². The van der Waals surface area contributed by atoms with Crippen molar-refractivity contribution in [1.29, 1.82) is 0 Å². The number of imidazole rings is 1. The van der Waals surface area contributed by atoms with Gasteiger partial charge in [-0.05, 0) is 31.7 Å². The van der Waals surface area contributed by atoms with Crippen LogP contribution in [0.3, 0.4) is 0 Å². The van der Waals surface area contributed by atoms with Crippen LogP contribution in [0.4, 0.5) is 0 Å². The summed E-state index contributed by atoms with van der Waals surface area (Å²) < 4.78 is 1.88. The van der Waals surface area contributed by atoms with E-state index in [4.69, 9.17) is 0 Å². The first-order chi connectivity index (χ1) is 12.6. The number of rotatable bonds is 6. The molecule has 1 aliphatic rings. The molecule has 2 amide bonds. The number of carbonyl (C=O) groups is 2. The molecule has 0 spiro atoms. The lowest BCUT2D eigenvalue weighted by Gasteiger charge is -2.18. The van der Waals surface area contributed by atoms with Gasteiger partial charge in [0.05, 0.1) is 11.7 Å². The molecular weight excluding hydrogens is 328 g/mol. The lowest BCUT2D eigenvalue weighted by Crippen LogP contribution is -2.28. The van der Waals surface area contributed by atoms with Gasteiger partial charge in [0.2, 0.25) is 0 Å². The molecule has 3 rings (SSSR count). The first kappa shape index (κ1) is 17.9. The maximum atomic E-state index is 12.8. The van der Waals surface area contributed by atoms with Crippen LogP contribution in [0.25, 0.3) is 0 Å². The van der Waals surface area contributed by atoms with Crippen molar-refractivity contribution >= 4 is 11.8 Å². The number of hydrogen-bond acceptors (Lipinski definition) is 3. The average molecular weight is 352 g/mol. The van der Waals surface area contributed by atoms with E-state index >= 15 is 0 Å². The number of aromatic nitrogens is 2. The van der Waals surface area contributed by atoms with Crippen LogP contribution < -0.4 is 10.6 Å². The number of nitrogens with zero attached hydrogens (tertiary/aromatic N) is 2. The van der Waals surface area contributed by atoms with Crippen LogP contribution in [0.1, 0.15) is 58.2 Å². The second-order valence-electron chi connectivity index (χ2n) is 6.44. The maximum absolute atomic E-state index is 12.8. The van der Waals surface area contributed by atoms with Gasteiger partial charge in [0.15, 0.2) is 5.82 Å². The van der Waals surface area contributed by atoms with Crippen molar-refractivity contribution in [2.75, 3.05) is 6.54 Å². The van der Waals surface area contributed by atoms with Crippen molar-refractivity contribution in [2.24, 2.45) is 0 Å². The van der Waals surface area contributed by atoms with E-state index in [1.165, 1.54) is 0 Å². The predicted octanol–water partition coefficient (Wildman–Crippen LogP) is 2.63. The average Bonchev–Trinajstić information content (AvgIpc) is 3.06. The number of benzene rings is 1. The lowest BCUT2D eigenvalue weighted by atomic mass is 10.1. The quantitative estimate of drug-likeness (QED) is 0.785. The van der Waals surface area contributed by atoms with Gasteiger partial charge in [-0.1, -0.05) is 36.4 Å². The topological polar surface area (TPSA) is 76.0 Å². The molecule has 0 radical (unpaired) electrons. The highest BCUT2D eigenvalue weighted by atomic mass is 16.2. The fourth-order valence-corrected chi connectivity index (χ4v) is 3.23. The monoisotopic (exact) mass is 352 g/mol. The van der Waals surface area contributed by atoms with Crippen molar-refractivity contribution < 1.29 is 9.59 Å². The molecule has 0 bridgehead atoms. The van der Waals surface area contributed by atoms with Crippen LogP contribution in [-0.4, -0.2) is 27.9 Å². The van der Waals surface area contributed by atoms with Crippen LogP contribution in [0.5, 0.6) is 0 Å². The SMILES string of the molecule is C=CCNC(=O)c1nc(C(=O)NC(C)c2ccccc2)c2n1CCCC2. The molecule has 1 unspecified atom stereocenters. The van der Waals surface area contributed by atoms with Crippen molar-refractivity contribution in [3.8, 4) is 0 Å². The Bertz CT molecular complexity index is 811. The number of fused-ring (bicyclic) bond motifs is 1. The van der Waals surface area contributed by atoms with Crippen LogP contribution in [-0.2, 0) is 13.0 Å². The minimum Gasteiger partial charge on any atom is -0.346 e. The molecule has 0 saturated carbocycles. The first-order valence-corrected chi connectivity index (χ1v) is 8.96. The summed E-state index contributed by atoms with van der Waals surface area (Å²) in [5, 5.41) is 5.74. The van der Waals surface area contributed by atoms with Crippen molar-refractivity contribution in [2.45, 2.75) is 38.8 Å². The number of amides is 2. The summed E-state index contributed by atoms with van der Waals surface area (Å²) in [5.41, 5.74) is 2.23. The molecule has 1 atom stereocenters. The third-order valence-corrected chi connectivity index (χ3v) is 4.59. The van der Waals surface area contributed by atoms with Gasteiger partial charge < -0.3 is 15.2 Å². The second kappa shape index (κ2) is 7.99. The van der Waals surface area contributed by atoms with Gasteiger partial charge >= 0.3 is 0 Å². The molecule has 0 saturated heterocycles. The van der Waals surface area contributed by atoms with Crippen molar-refractivity contribution in [3.63, 3.8) is 0 Å². The normalized spacial score (nSPS) is 14.2. The highest BCUT2D eigenvalue weighted by Crippen LogP contribution is 2.22. The molecular formula is C20H24N4O2. The summed E-state index contributed by atoms with van der Waals surface area (Å²) in [6.07, 6.45) is 4.35. The predicted molar refractivity (Wildman–Crippen MR) is 100 cm³/mol. The summed E-state index contributed by atoms with van der Waals surface area (Å²) in [7, 11) is 0. The molecule has 6 heteroatoms. The number of hydrogen-bond donors (Lipinski definition) is 2. The van der Waals surface area contributed by atoms with Gasteiger partial charge in [-0.15, -0.1) is 6.58 Å². The molecule has 26 heavy (non-hydrogen) atoms. The smallest absolute Gasteiger partial charge is 0.287 e. The van der Waals surface area contributed by atoms with Gasteiger partial charge in [-0.25, -0.2) is 4.98 Å². The summed E-state index contributed by atoms with van der Waals surface area (Å²) in [6.45, 7) is 6.62. The zero-order valence-electron chi connectivity index (χ0n) is 15.0. The van der Waals surface area contributed by atoms with Crippen LogP contribution >= 0.6 is 0 Å². The lowest BCUT2D eigenvalue weighted by molar-refractivity contribution is 0.0933. The molecule has 0 fully saturated rings. The molecule has 2 N–H and O–H groups in total. The Labute approximate surface area is 153 Å². The largest absolute Gasteiger partial charge is 0.346 e. The minimum atomic E-state index is -0.275. The standard InChI is InChI=1S/C20H24N4O2/c1-3-12-21-20(26)18-23-17(16-11-7-8-13-24(16)18)19(25)22-14(2)15-9-5-4-6-10-15/h3-6,9-10,14H,1,7-8,11-13H2,2H3,(H,21,26)(H,22,25). The third-order valence-electron chi connectivity index (χ3n) is 4.59. The van der Waals surface area contributed by atoms with Crippen LogP contribution in [0, 0.1) is 0 Å². The van der Waals surface area contributed by atoms with Crippen LogP contribution in [0.2, 0.25) is 0 Å². The minimum absolute atomic E-state index is 0.136. The van der Waals surface area contributed by atoms with Gasteiger partial charge in [-0.2, -0.15) is 0 Å². The van der Waals surface area contributed by atoms with Crippen molar-refractivity contribution in [3.05, 3.63) is 65.8 Å². The van der Waals surface area contributed by atoms with E-state index in [1.54, 1.807) is 6.08 Å². The zero-order valence-corrected chi connectivity index (χ0v) is 15.0. The number of nitrogens with one attached hydrogen (secondary N) is 2. The van der Waals surface area contributed by atoms with E-state index in [-0.39, 0.29) is 17.9 Å². The van der Waals surface area contributed by atoms with Gasteiger partial charge in [0.25, 0.3) is 11.8 Å². The molecule has 2 aromatic rings. The maximum Gasteiger partial charge on any atom is 0.287 e. The molecule has 1 aromatic carbocycles. The third kappa shape index (κ3) is 3.69. The van der Waals surface area contributed by atoms with Gasteiger partial charge in [0.1, 0.15) is 5.69 Å². The van der Waals surface area contributed by atoms with E-state index in [9.17, 15) is 9.59 Å². The second-order valence-corrected chi connectivity index (χ2v) is 6.44. The molecule has 136 valence electrons. The molecule has 1 aliphatic heterocycles. The fraction of sp³-hybridized carbons (Fsp3) is 0.350. The molecule has 1 aromatic heterocycles. The summed E-state index contributed by atoms with van der Waals surface area (Å²) in [6, 6.07) is 9.64. The van der Waals surface area contributed by atoms with Crippen molar-refractivity contribution in [1.82, 2.24) is 20.2 Å². The van der Waals surface area contributed by atoms with E-state index in [2.05, 4.69) is 22.2 Å². The Balaban J connectivity index is 1.84. The van der Waals surface area contributed by atoms with Gasteiger partial charge in [-0.3, -0.25) is 9.59 Å². The van der Waals surface area contributed by atoms with Gasteiger partial charge in [0, 0.05) is 13.1 Å². The highest BCUT2D eigenvalue weighted by molar-refractivity contribution is 5.97. The Kier molecular flexibility index (Phi) is 5.51. The first-order valence-electron chi connectivity index (χ1n) is 8.96. The zero-order chi connectivity index (χ0) is 18.5. The van der Waals surface area contributed by atoms with E-state index in [0.717, 1.165) is 30.5 Å². The summed E-state index contributed by atoms with van der Waals surface area (Å²) >= 11 is 0. The molecule has 6 nitrogen and oxygen atoms in total.